The number of nitrogens with one attached hydrogen (secondary N) is 2. The maximum absolute atomic E-state index is 5.80. The molecule has 2 aromatic rings. The molecule has 2 rings (SSSR count). The molecule has 1 heterocycles. The Morgan fingerprint density at radius 1 is 1.11 bits per heavy atom. The lowest BCUT2D eigenvalue weighted by molar-refractivity contribution is 0.0931. The second-order valence-electron chi connectivity index (χ2n) is 6.39. The van der Waals surface area contributed by atoms with Crippen LogP contribution in [0.25, 0.3) is 0 Å². The van der Waals surface area contributed by atoms with Gasteiger partial charge in [0.2, 0.25) is 5.88 Å². The van der Waals surface area contributed by atoms with Gasteiger partial charge in [-0.2, -0.15) is 0 Å². The van der Waals surface area contributed by atoms with Gasteiger partial charge in [0.25, 0.3) is 0 Å². The summed E-state index contributed by atoms with van der Waals surface area (Å²) in [6.45, 7) is 7.72. The number of nitrogens with zero attached hydrogens (tertiary/aromatic N) is 2. The van der Waals surface area contributed by atoms with Crippen molar-refractivity contribution in [2.45, 2.75) is 27.0 Å². The Labute approximate surface area is 185 Å². The molecule has 0 saturated carbocycles. The number of aromatic nitrogens is 1. The lowest BCUT2D eigenvalue weighted by Crippen LogP contribution is -2.40. The zero-order chi connectivity index (χ0) is 19.3. The fraction of sp³-hybridized carbons (Fsp3) is 0.429. The largest absolute Gasteiger partial charge is 0.481 e. The highest BCUT2D eigenvalue weighted by Crippen LogP contribution is 2.07. The summed E-state index contributed by atoms with van der Waals surface area (Å²) in [6, 6.07) is 14.0. The van der Waals surface area contributed by atoms with Gasteiger partial charge in [0.1, 0.15) is 0 Å². The highest BCUT2D eigenvalue weighted by molar-refractivity contribution is 14.0. The number of hydrogen-bond acceptors (Lipinski definition) is 4. The van der Waals surface area contributed by atoms with E-state index in [4.69, 9.17) is 9.47 Å². The first-order valence-corrected chi connectivity index (χ1v) is 9.34. The zero-order valence-corrected chi connectivity index (χ0v) is 19.2. The minimum atomic E-state index is 0. The van der Waals surface area contributed by atoms with Crippen LogP contribution in [0, 0.1) is 5.92 Å². The molecule has 1 atom stereocenters. The summed E-state index contributed by atoms with van der Waals surface area (Å²) in [5.74, 6) is 1.78. The molecule has 7 heteroatoms. The Hall–Kier alpha value is -1.87. The highest BCUT2D eigenvalue weighted by atomic mass is 127. The third-order valence-corrected chi connectivity index (χ3v) is 3.90. The maximum atomic E-state index is 5.80. The van der Waals surface area contributed by atoms with Crippen LogP contribution in [0.4, 0.5) is 0 Å². The topological polar surface area (TPSA) is 67.8 Å². The third-order valence-electron chi connectivity index (χ3n) is 3.90. The fourth-order valence-corrected chi connectivity index (χ4v) is 2.42. The summed E-state index contributed by atoms with van der Waals surface area (Å²) in [7, 11) is 1.61. The van der Waals surface area contributed by atoms with E-state index in [1.807, 2.05) is 30.3 Å². The Morgan fingerprint density at radius 3 is 2.54 bits per heavy atom. The van der Waals surface area contributed by atoms with Crippen molar-refractivity contribution < 1.29 is 9.47 Å². The van der Waals surface area contributed by atoms with Gasteiger partial charge in [-0.15, -0.1) is 24.0 Å². The SMILES string of the molecule is CCNC(=NCc1ccc(OC)nc1)NCC(C)COCc1ccccc1.I. The van der Waals surface area contributed by atoms with Crippen molar-refractivity contribution in [1.29, 1.82) is 0 Å². The number of aliphatic imine (C=N–C) groups is 1. The van der Waals surface area contributed by atoms with Crippen molar-refractivity contribution in [3.8, 4) is 5.88 Å². The van der Waals surface area contributed by atoms with E-state index in [9.17, 15) is 0 Å². The molecule has 0 saturated heterocycles. The Balaban J connectivity index is 0.00000392. The van der Waals surface area contributed by atoms with Gasteiger partial charge in [-0.1, -0.05) is 43.3 Å². The summed E-state index contributed by atoms with van der Waals surface area (Å²) in [4.78, 5) is 8.82. The van der Waals surface area contributed by atoms with Gasteiger partial charge in [-0.05, 0) is 24.0 Å². The van der Waals surface area contributed by atoms with Crippen LogP contribution in [0.15, 0.2) is 53.7 Å². The molecule has 6 nitrogen and oxygen atoms in total. The van der Waals surface area contributed by atoms with Crippen molar-refractivity contribution in [2.24, 2.45) is 10.9 Å². The van der Waals surface area contributed by atoms with Gasteiger partial charge < -0.3 is 20.1 Å². The van der Waals surface area contributed by atoms with Gasteiger partial charge in [-0.3, -0.25) is 0 Å². The van der Waals surface area contributed by atoms with Crippen LogP contribution in [0.3, 0.4) is 0 Å². The molecule has 0 amide bonds. The molecule has 0 spiro atoms. The van der Waals surface area contributed by atoms with Crippen LogP contribution in [0.1, 0.15) is 25.0 Å². The monoisotopic (exact) mass is 498 g/mol. The molecule has 2 N–H and O–H groups in total. The number of halogens is 1. The Bertz CT molecular complexity index is 681. The van der Waals surface area contributed by atoms with Crippen molar-refractivity contribution in [2.75, 3.05) is 26.8 Å². The van der Waals surface area contributed by atoms with Gasteiger partial charge in [0.15, 0.2) is 5.96 Å². The van der Waals surface area contributed by atoms with Crippen molar-refractivity contribution >= 4 is 29.9 Å². The molecule has 0 fully saturated rings. The molecule has 154 valence electrons. The fourth-order valence-electron chi connectivity index (χ4n) is 2.42. The molecular weight excluding hydrogens is 467 g/mol. The van der Waals surface area contributed by atoms with Crippen LogP contribution in [0.5, 0.6) is 5.88 Å². The molecule has 1 aromatic carbocycles. The number of ether oxygens (including phenoxy) is 2. The van der Waals surface area contributed by atoms with Crippen LogP contribution in [0.2, 0.25) is 0 Å². The number of methoxy groups -OCH3 is 1. The van der Waals surface area contributed by atoms with E-state index in [0.29, 0.717) is 31.6 Å². The van der Waals surface area contributed by atoms with Gasteiger partial charge in [0.05, 0.1) is 26.9 Å². The second kappa shape index (κ2) is 14.2. The summed E-state index contributed by atoms with van der Waals surface area (Å²) in [5, 5.41) is 6.64. The number of rotatable bonds is 10. The summed E-state index contributed by atoms with van der Waals surface area (Å²) >= 11 is 0. The van der Waals surface area contributed by atoms with Crippen molar-refractivity contribution in [3.05, 3.63) is 59.8 Å². The first kappa shape index (κ1) is 24.2. The molecule has 0 aliphatic carbocycles. The maximum Gasteiger partial charge on any atom is 0.212 e. The predicted molar refractivity (Wildman–Crippen MR) is 124 cm³/mol. The normalized spacial score (nSPS) is 12.0. The molecule has 1 aromatic heterocycles. The van der Waals surface area contributed by atoms with E-state index >= 15 is 0 Å². The zero-order valence-electron chi connectivity index (χ0n) is 16.9. The summed E-state index contributed by atoms with van der Waals surface area (Å²) < 4.78 is 10.9. The standard InChI is InChI=1S/C21H30N4O2.HI/c1-4-22-21(25-14-19-10-11-20(26-3)23-13-19)24-12-17(2)15-27-16-18-8-6-5-7-9-18;/h5-11,13,17H,4,12,14-16H2,1-3H3,(H2,22,24,25);1H. The van der Waals surface area contributed by atoms with Gasteiger partial charge in [0, 0.05) is 25.4 Å². The second-order valence-corrected chi connectivity index (χ2v) is 6.39. The van der Waals surface area contributed by atoms with Crippen LogP contribution < -0.4 is 15.4 Å². The number of pyridine rings is 1. The van der Waals surface area contributed by atoms with Crippen molar-refractivity contribution in [1.82, 2.24) is 15.6 Å². The van der Waals surface area contributed by atoms with E-state index in [2.05, 4.69) is 46.6 Å². The van der Waals surface area contributed by atoms with E-state index in [1.54, 1.807) is 13.3 Å². The molecule has 0 aliphatic rings. The van der Waals surface area contributed by atoms with Crippen LogP contribution in [-0.4, -0.2) is 37.7 Å². The lowest BCUT2D eigenvalue weighted by atomic mass is 10.2. The third kappa shape index (κ3) is 9.36. The minimum absolute atomic E-state index is 0. The first-order chi connectivity index (χ1) is 13.2. The Kier molecular flexibility index (Phi) is 12.2. The average molecular weight is 498 g/mol. The average Bonchev–Trinajstić information content (AvgIpc) is 2.71. The quantitative estimate of drug-likeness (QED) is 0.298. The summed E-state index contributed by atoms with van der Waals surface area (Å²) in [5.41, 5.74) is 2.23. The van der Waals surface area contributed by atoms with E-state index in [-0.39, 0.29) is 24.0 Å². The van der Waals surface area contributed by atoms with E-state index in [0.717, 1.165) is 24.6 Å². The van der Waals surface area contributed by atoms with E-state index < -0.39 is 0 Å². The van der Waals surface area contributed by atoms with Crippen LogP contribution in [-0.2, 0) is 17.9 Å². The van der Waals surface area contributed by atoms with Gasteiger partial charge in [-0.25, -0.2) is 9.98 Å². The molecule has 0 bridgehead atoms. The molecule has 0 radical (unpaired) electrons. The van der Waals surface area contributed by atoms with Gasteiger partial charge >= 0.3 is 0 Å². The molecule has 1 unspecified atom stereocenters. The molecular formula is C21H31IN4O2. The molecule has 0 aliphatic heterocycles. The summed E-state index contributed by atoms with van der Waals surface area (Å²) in [6.07, 6.45) is 1.78. The molecule has 28 heavy (non-hydrogen) atoms. The smallest absolute Gasteiger partial charge is 0.212 e. The lowest BCUT2D eigenvalue weighted by Gasteiger charge is -2.16. The highest BCUT2D eigenvalue weighted by Gasteiger charge is 2.05. The number of benzene rings is 1. The van der Waals surface area contributed by atoms with Crippen LogP contribution >= 0.6 is 24.0 Å². The van der Waals surface area contributed by atoms with E-state index in [1.165, 1.54) is 5.56 Å². The number of guanidine groups is 1. The predicted octanol–water partition coefficient (Wildman–Crippen LogP) is 3.62. The minimum Gasteiger partial charge on any atom is -0.481 e. The Morgan fingerprint density at radius 2 is 1.89 bits per heavy atom. The first-order valence-electron chi connectivity index (χ1n) is 9.34. The number of hydrogen-bond donors (Lipinski definition) is 2. The van der Waals surface area contributed by atoms with Crippen molar-refractivity contribution in [3.63, 3.8) is 0 Å².